The lowest BCUT2D eigenvalue weighted by Gasteiger charge is -2.41. The minimum Gasteiger partial charge on any atom is -0.480 e. The van der Waals surface area contributed by atoms with E-state index < -0.39 is 24.1 Å². The Morgan fingerprint density at radius 3 is 2.52 bits per heavy atom. The van der Waals surface area contributed by atoms with Crippen molar-refractivity contribution >= 4 is 23.0 Å². The minimum atomic E-state index is -1.02. The van der Waals surface area contributed by atoms with E-state index in [4.69, 9.17) is 4.74 Å². The van der Waals surface area contributed by atoms with Crippen LogP contribution >= 0.6 is 0 Å². The highest BCUT2D eigenvalue weighted by Crippen LogP contribution is 2.41. The van der Waals surface area contributed by atoms with Crippen molar-refractivity contribution in [2.75, 3.05) is 0 Å². The molecule has 0 saturated carbocycles. The predicted molar refractivity (Wildman–Crippen MR) is 109 cm³/mol. The molecule has 0 saturated heterocycles. The molecule has 2 heterocycles. The van der Waals surface area contributed by atoms with E-state index in [1.807, 2.05) is 68.4 Å². The fourth-order valence-corrected chi connectivity index (χ4v) is 4.21. The van der Waals surface area contributed by atoms with Gasteiger partial charge in [-0.15, -0.1) is 0 Å². The second kappa shape index (κ2) is 7.62. The summed E-state index contributed by atoms with van der Waals surface area (Å²) in [6, 6.07) is 15.8. The van der Waals surface area contributed by atoms with Gasteiger partial charge >= 0.3 is 12.1 Å². The second-order valence-electron chi connectivity index (χ2n) is 7.76. The van der Waals surface area contributed by atoms with Crippen LogP contribution in [0.3, 0.4) is 0 Å². The van der Waals surface area contributed by atoms with Crippen molar-refractivity contribution in [1.82, 2.24) is 9.88 Å². The Hall–Kier alpha value is -3.28. The summed E-state index contributed by atoms with van der Waals surface area (Å²) in [5.74, 6) is -1.02. The Kier molecular flexibility index (Phi) is 5.01. The molecule has 0 aliphatic carbocycles. The first-order valence-corrected chi connectivity index (χ1v) is 9.78. The summed E-state index contributed by atoms with van der Waals surface area (Å²) in [5, 5.41) is 10.9. The number of aromatic nitrogens is 1. The molecule has 6 nitrogen and oxygen atoms in total. The van der Waals surface area contributed by atoms with Crippen LogP contribution in [0.1, 0.15) is 36.7 Å². The Balaban J connectivity index is 1.72. The van der Waals surface area contributed by atoms with Crippen molar-refractivity contribution in [1.29, 1.82) is 0 Å². The number of hydrogen-bond acceptors (Lipinski definition) is 3. The number of benzene rings is 2. The minimum absolute atomic E-state index is 0.00763. The SMILES string of the molecule is CC(C)C1c2[nH]c3ccccc3c2CC(C(=O)O)N1C(=O)OCc1ccccc1. The highest BCUT2D eigenvalue weighted by molar-refractivity contribution is 5.88. The molecule has 2 N–H and O–H groups in total. The third-order valence-corrected chi connectivity index (χ3v) is 5.51. The summed E-state index contributed by atoms with van der Waals surface area (Å²) in [6.07, 6.45) is -0.359. The monoisotopic (exact) mass is 392 g/mol. The number of carbonyl (C=O) groups is 2. The summed E-state index contributed by atoms with van der Waals surface area (Å²) in [4.78, 5) is 30.0. The van der Waals surface area contributed by atoms with Gasteiger partial charge in [0.05, 0.1) is 6.04 Å². The van der Waals surface area contributed by atoms with Crippen LogP contribution in [-0.2, 0) is 22.6 Å². The predicted octanol–water partition coefficient (Wildman–Crippen LogP) is 4.51. The lowest BCUT2D eigenvalue weighted by atomic mass is 9.87. The zero-order chi connectivity index (χ0) is 20.5. The first-order valence-electron chi connectivity index (χ1n) is 9.78. The zero-order valence-corrected chi connectivity index (χ0v) is 16.5. The summed E-state index contributed by atoms with van der Waals surface area (Å²) in [7, 11) is 0. The van der Waals surface area contributed by atoms with Gasteiger partial charge in [0.25, 0.3) is 0 Å². The van der Waals surface area contributed by atoms with Crippen molar-refractivity contribution in [3.05, 3.63) is 71.4 Å². The number of carbonyl (C=O) groups excluding carboxylic acids is 1. The first-order chi connectivity index (χ1) is 14.0. The molecule has 4 rings (SSSR count). The molecule has 6 heteroatoms. The number of nitrogens with zero attached hydrogens (tertiary/aromatic N) is 1. The summed E-state index contributed by atoms with van der Waals surface area (Å²) in [5.41, 5.74) is 3.68. The maximum Gasteiger partial charge on any atom is 0.411 e. The number of amides is 1. The van der Waals surface area contributed by atoms with E-state index in [0.29, 0.717) is 0 Å². The van der Waals surface area contributed by atoms with Gasteiger partial charge in [-0.3, -0.25) is 4.90 Å². The smallest absolute Gasteiger partial charge is 0.411 e. The maximum absolute atomic E-state index is 13.1. The molecule has 0 fully saturated rings. The molecule has 2 atom stereocenters. The number of aromatic amines is 1. The number of hydrogen-bond donors (Lipinski definition) is 2. The second-order valence-corrected chi connectivity index (χ2v) is 7.76. The number of aliphatic carboxylic acids is 1. The fourth-order valence-electron chi connectivity index (χ4n) is 4.21. The number of nitrogens with one attached hydrogen (secondary N) is 1. The molecule has 2 unspecified atom stereocenters. The number of H-pyrrole nitrogens is 1. The van der Waals surface area contributed by atoms with E-state index in [0.717, 1.165) is 27.7 Å². The Bertz CT molecular complexity index is 1040. The van der Waals surface area contributed by atoms with Crippen molar-refractivity contribution in [2.24, 2.45) is 5.92 Å². The summed E-state index contributed by atoms with van der Waals surface area (Å²) < 4.78 is 5.53. The zero-order valence-electron chi connectivity index (χ0n) is 16.5. The van der Waals surface area contributed by atoms with Gasteiger partial charge in [-0.1, -0.05) is 62.4 Å². The van der Waals surface area contributed by atoms with Crippen molar-refractivity contribution < 1.29 is 19.4 Å². The number of rotatable bonds is 4. The Labute approximate surface area is 169 Å². The van der Waals surface area contributed by atoms with Crippen molar-refractivity contribution in [3.8, 4) is 0 Å². The normalized spacial score (nSPS) is 18.7. The van der Waals surface area contributed by atoms with E-state index >= 15 is 0 Å². The fraction of sp³-hybridized carbons (Fsp3) is 0.304. The van der Waals surface area contributed by atoms with Crippen LogP contribution in [0.5, 0.6) is 0 Å². The molecule has 150 valence electrons. The number of para-hydroxylation sites is 1. The molecule has 0 radical (unpaired) electrons. The molecular weight excluding hydrogens is 368 g/mol. The molecule has 3 aromatic rings. The highest BCUT2D eigenvalue weighted by Gasteiger charge is 2.44. The van der Waals surface area contributed by atoms with Crippen LogP contribution in [0.4, 0.5) is 4.79 Å². The Morgan fingerprint density at radius 2 is 1.83 bits per heavy atom. The summed E-state index contributed by atoms with van der Waals surface area (Å²) in [6.45, 7) is 4.08. The van der Waals surface area contributed by atoms with Gasteiger partial charge in [-0.2, -0.15) is 0 Å². The van der Waals surface area contributed by atoms with Crippen LogP contribution in [-0.4, -0.2) is 33.1 Å². The standard InChI is InChI=1S/C23H24N2O4/c1-14(2)21-20-17(16-10-6-7-11-18(16)24-20)12-19(22(26)27)25(21)23(28)29-13-15-8-4-3-5-9-15/h3-11,14,19,21,24H,12-13H2,1-2H3,(H,26,27). The van der Waals surface area contributed by atoms with Gasteiger partial charge in [0.2, 0.25) is 0 Å². The van der Waals surface area contributed by atoms with E-state index in [-0.39, 0.29) is 18.9 Å². The van der Waals surface area contributed by atoms with Crippen LogP contribution in [0.15, 0.2) is 54.6 Å². The molecule has 1 amide bonds. The van der Waals surface area contributed by atoms with E-state index in [1.165, 1.54) is 4.90 Å². The van der Waals surface area contributed by atoms with Crippen molar-refractivity contribution in [2.45, 2.75) is 39.0 Å². The van der Waals surface area contributed by atoms with E-state index in [2.05, 4.69) is 4.98 Å². The average Bonchev–Trinajstić information content (AvgIpc) is 3.09. The highest BCUT2D eigenvalue weighted by atomic mass is 16.6. The lowest BCUT2D eigenvalue weighted by Crippen LogP contribution is -2.52. The lowest BCUT2D eigenvalue weighted by molar-refractivity contribution is -0.144. The number of carboxylic acid groups (broad SMARTS) is 1. The van der Waals surface area contributed by atoms with Crippen LogP contribution in [0.2, 0.25) is 0 Å². The summed E-state index contributed by atoms with van der Waals surface area (Å²) >= 11 is 0. The van der Waals surface area contributed by atoms with E-state index in [1.54, 1.807) is 0 Å². The average molecular weight is 392 g/mol. The topological polar surface area (TPSA) is 82.6 Å². The van der Waals surface area contributed by atoms with E-state index in [9.17, 15) is 14.7 Å². The molecular formula is C23H24N2O4. The molecule has 0 bridgehead atoms. The van der Waals surface area contributed by atoms with Crippen molar-refractivity contribution in [3.63, 3.8) is 0 Å². The van der Waals surface area contributed by atoms with Gasteiger partial charge in [0.15, 0.2) is 0 Å². The van der Waals surface area contributed by atoms with Gasteiger partial charge in [-0.05, 0) is 23.1 Å². The molecule has 29 heavy (non-hydrogen) atoms. The molecule has 1 aliphatic rings. The molecule has 1 aromatic heterocycles. The number of carboxylic acids is 1. The van der Waals surface area contributed by atoms with Crippen LogP contribution in [0, 0.1) is 5.92 Å². The first kappa shape index (κ1) is 19.1. The molecule has 1 aliphatic heterocycles. The number of fused-ring (bicyclic) bond motifs is 3. The van der Waals surface area contributed by atoms with Crippen LogP contribution < -0.4 is 0 Å². The quantitative estimate of drug-likeness (QED) is 0.684. The van der Waals surface area contributed by atoms with Gasteiger partial charge in [0.1, 0.15) is 12.6 Å². The van der Waals surface area contributed by atoms with Gasteiger partial charge < -0.3 is 14.8 Å². The molecule has 0 spiro atoms. The largest absolute Gasteiger partial charge is 0.480 e. The van der Waals surface area contributed by atoms with Gasteiger partial charge in [0, 0.05) is 23.0 Å². The van der Waals surface area contributed by atoms with Gasteiger partial charge in [-0.25, -0.2) is 9.59 Å². The maximum atomic E-state index is 13.1. The third-order valence-electron chi connectivity index (χ3n) is 5.51. The molecule has 2 aromatic carbocycles. The number of ether oxygens (including phenoxy) is 1. The third kappa shape index (κ3) is 3.46. The van der Waals surface area contributed by atoms with Crippen LogP contribution in [0.25, 0.3) is 10.9 Å². The Morgan fingerprint density at radius 1 is 1.14 bits per heavy atom.